The first-order valence-corrected chi connectivity index (χ1v) is 11.3. The Hall–Kier alpha value is -1.22. The first-order valence-electron chi connectivity index (χ1n) is 9.44. The second-order valence-electron chi connectivity index (χ2n) is 7.20. The summed E-state index contributed by atoms with van der Waals surface area (Å²) in [7, 11) is -3.70. The molecule has 0 aromatic heterocycles. The number of nitrogens with one attached hydrogen (secondary N) is 1. The summed E-state index contributed by atoms with van der Waals surface area (Å²) in [4.78, 5) is 15.6. The molecule has 9 heteroatoms. The van der Waals surface area contributed by atoms with Gasteiger partial charge in [0.2, 0.25) is 10.0 Å². The summed E-state index contributed by atoms with van der Waals surface area (Å²) in [6, 6.07) is 3.45. The van der Waals surface area contributed by atoms with E-state index in [1.165, 1.54) is 23.2 Å². The number of piperazine rings is 1. The van der Waals surface area contributed by atoms with Crippen molar-refractivity contribution in [2.45, 2.75) is 30.6 Å². The van der Waals surface area contributed by atoms with Crippen LogP contribution in [0.25, 0.3) is 0 Å². The number of carbonyl (C=O) groups is 1. The molecule has 1 amide bonds. The highest BCUT2D eigenvalue weighted by molar-refractivity contribution is 7.89. The van der Waals surface area contributed by atoms with Gasteiger partial charge in [-0.2, -0.15) is 4.31 Å². The molecule has 1 aromatic carbocycles. The second kappa shape index (κ2) is 8.86. The lowest BCUT2D eigenvalue weighted by Crippen LogP contribution is -3.15. The van der Waals surface area contributed by atoms with Crippen LogP contribution in [0.5, 0.6) is 0 Å². The van der Waals surface area contributed by atoms with Crippen LogP contribution in [0.1, 0.15) is 25.7 Å². The molecule has 0 saturated carbocycles. The molecule has 2 aliphatic rings. The van der Waals surface area contributed by atoms with Gasteiger partial charge in [0.25, 0.3) is 5.91 Å². The largest absolute Gasteiger partial charge is 0.338 e. The molecule has 2 saturated heterocycles. The van der Waals surface area contributed by atoms with Gasteiger partial charge in [-0.1, -0.05) is 24.4 Å². The first kappa shape index (κ1) is 20.5. The van der Waals surface area contributed by atoms with Gasteiger partial charge in [-0.15, -0.1) is 0 Å². The number of amides is 1. The van der Waals surface area contributed by atoms with E-state index in [0.717, 1.165) is 43.0 Å². The first-order chi connectivity index (χ1) is 12.9. The number of rotatable bonds is 4. The number of quaternary nitrogens is 1. The molecule has 1 N–H and O–H groups in total. The Morgan fingerprint density at radius 3 is 2.30 bits per heavy atom. The summed E-state index contributed by atoms with van der Waals surface area (Å²) in [6.07, 6.45) is 4.49. The van der Waals surface area contributed by atoms with Gasteiger partial charge in [-0.05, 0) is 31.0 Å². The fourth-order valence-electron chi connectivity index (χ4n) is 3.65. The van der Waals surface area contributed by atoms with Gasteiger partial charge in [0.1, 0.15) is 5.82 Å². The third-order valence-corrected chi connectivity index (χ3v) is 7.50. The molecule has 6 nitrogen and oxygen atoms in total. The van der Waals surface area contributed by atoms with Gasteiger partial charge in [0.05, 0.1) is 36.1 Å². The Morgan fingerprint density at radius 1 is 1.07 bits per heavy atom. The van der Waals surface area contributed by atoms with Crippen LogP contribution in [0, 0.1) is 5.82 Å². The molecule has 2 aliphatic heterocycles. The van der Waals surface area contributed by atoms with E-state index in [1.807, 2.05) is 4.90 Å². The zero-order valence-electron chi connectivity index (χ0n) is 15.3. The number of halogens is 2. The third kappa shape index (κ3) is 4.99. The molecule has 1 aromatic rings. The normalized spacial score (nSPS) is 20.4. The zero-order valence-corrected chi connectivity index (χ0v) is 16.9. The number of hydrogen-bond donors (Lipinski definition) is 1. The average Bonchev–Trinajstić information content (AvgIpc) is 2.94. The molecule has 0 spiro atoms. The van der Waals surface area contributed by atoms with Gasteiger partial charge in [-0.25, -0.2) is 12.8 Å². The lowest BCUT2D eigenvalue weighted by molar-refractivity contribution is -0.896. The van der Waals surface area contributed by atoms with Crippen LogP contribution in [-0.2, 0) is 14.8 Å². The Balaban J connectivity index is 1.56. The Kier molecular flexibility index (Phi) is 6.73. The van der Waals surface area contributed by atoms with Crippen LogP contribution in [0.4, 0.5) is 4.39 Å². The smallest absolute Gasteiger partial charge is 0.277 e. The lowest BCUT2D eigenvalue weighted by atomic mass is 10.2. The molecule has 0 radical (unpaired) electrons. The molecule has 0 bridgehead atoms. The van der Waals surface area contributed by atoms with E-state index in [9.17, 15) is 17.6 Å². The molecule has 27 heavy (non-hydrogen) atoms. The highest BCUT2D eigenvalue weighted by Gasteiger charge is 2.32. The van der Waals surface area contributed by atoms with Crippen LogP contribution in [-0.4, -0.2) is 69.3 Å². The summed E-state index contributed by atoms with van der Waals surface area (Å²) in [5.74, 6) is -0.481. The average molecular weight is 419 g/mol. The van der Waals surface area contributed by atoms with Gasteiger partial charge >= 0.3 is 0 Å². The molecule has 0 aliphatic carbocycles. The van der Waals surface area contributed by atoms with Crippen molar-refractivity contribution in [3.63, 3.8) is 0 Å². The predicted molar refractivity (Wildman–Crippen MR) is 101 cm³/mol. The molecule has 150 valence electrons. The van der Waals surface area contributed by atoms with E-state index in [-0.39, 0.29) is 15.8 Å². The number of nitrogens with zero attached hydrogens (tertiary/aromatic N) is 2. The minimum absolute atomic E-state index is 0.00186. The van der Waals surface area contributed by atoms with Crippen molar-refractivity contribution in [3.05, 3.63) is 29.0 Å². The summed E-state index contributed by atoms with van der Waals surface area (Å²) in [6.45, 7) is 3.90. The van der Waals surface area contributed by atoms with Crippen molar-refractivity contribution in [1.82, 2.24) is 9.21 Å². The molecular formula is C18H26ClFN3O3S+. The monoisotopic (exact) mass is 418 g/mol. The molecule has 0 unspecified atom stereocenters. The molecule has 3 rings (SSSR count). The second-order valence-corrected chi connectivity index (χ2v) is 9.55. The molecule has 2 heterocycles. The zero-order chi connectivity index (χ0) is 19.4. The predicted octanol–water partition coefficient (Wildman–Crippen LogP) is 0.771. The number of likely N-dealkylation sites (tertiary alicyclic amines) is 1. The van der Waals surface area contributed by atoms with E-state index in [0.29, 0.717) is 32.7 Å². The van der Waals surface area contributed by atoms with Crippen molar-refractivity contribution in [2.24, 2.45) is 0 Å². The van der Waals surface area contributed by atoms with E-state index in [4.69, 9.17) is 11.6 Å². The number of benzene rings is 1. The fourth-order valence-corrected chi connectivity index (χ4v) is 5.37. The highest BCUT2D eigenvalue weighted by Crippen LogP contribution is 2.22. The van der Waals surface area contributed by atoms with Gasteiger partial charge in [0.15, 0.2) is 6.54 Å². The van der Waals surface area contributed by atoms with Crippen molar-refractivity contribution in [2.75, 3.05) is 45.8 Å². The third-order valence-electron chi connectivity index (χ3n) is 5.32. The minimum Gasteiger partial charge on any atom is -0.338 e. The summed E-state index contributed by atoms with van der Waals surface area (Å²) in [5.41, 5.74) is 0. The maximum atomic E-state index is 13.3. The van der Waals surface area contributed by atoms with Crippen LogP contribution in [0.3, 0.4) is 0 Å². The maximum absolute atomic E-state index is 13.3. The van der Waals surface area contributed by atoms with E-state index >= 15 is 0 Å². The Labute approximate surface area is 164 Å². The minimum atomic E-state index is -3.70. The molecular weight excluding hydrogens is 393 g/mol. The SMILES string of the molecule is O=C(C[NH+]1CCN(S(=O)(=O)c2ccc(F)c(Cl)c2)CC1)N1CCCCCC1. The van der Waals surface area contributed by atoms with Gasteiger partial charge in [-0.3, -0.25) is 4.79 Å². The summed E-state index contributed by atoms with van der Waals surface area (Å²) >= 11 is 5.72. The van der Waals surface area contributed by atoms with Crippen LogP contribution < -0.4 is 4.90 Å². The highest BCUT2D eigenvalue weighted by atomic mass is 35.5. The molecule has 0 atom stereocenters. The summed E-state index contributed by atoms with van der Waals surface area (Å²) < 4.78 is 40.1. The lowest BCUT2D eigenvalue weighted by Gasteiger charge is -2.32. The van der Waals surface area contributed by atoms with Gasteiger partial charge < -0.3 is 9.80 Å². The Morgan fingerprint density at radius 2 is 1.70 bits per heavy atom. The van der Waals surface area contributed by atoms with Crippen molar-refractivity contribution >= 4 is 27.5 Å². The van der Waals surface area contributed by atoms with Crippen molar-refractivity contribution in [1.29, 1.82) is 0 Å². The van der Waals surface area contributed by atoms with Crippen molar-refractivity contribution < 1.29 is 22.5 Å². The van der Waals surface area contributed by atoms with E-state index < -0.39 is 15.8 Å². The van der Waals surface area contributed by atoms with E-state index in [1.54, 1.807) is 0 Å². The summed E-state index contributed by atoms with van der Waals surface area (Å²) in [5, 5.41) is -0.205. The maximum Gasteiger partial charge on any atom is 0.277 e. The molecule has 2 fully saturated rings. The van der Waals surface area contributed by atoms with Crippen LogP contribution >= 0.6 is 11.6 Å². The van der Waals surface area contributed by atoms with Crippen molar-refractivity contribution in [3.8, 4) is 0 Å². The quantitative estimate of drug-likeness (QED) is 0.785. The Bertz CT molecular complexity index is 774. The van der Waals surface area contributed by atoms with E-state index in [2.05, 4.69) is 0 Å². The number of hydrogen-bond acceptors (Lipinski definition) is 3. The van der Waals surface area contributed by atoms with Crippen LogP contribution in [0.15, 0.2) is 23.1 Å². The van der Waals surface area contributed by atoms with Crippen LogP contribution in [0.2, 0.25) is 5.02 Å². The topological polar surface area (TPSA) is 62.1 Å². The standard InChI is InChI=1S/C18H25ClFN3O3S/c19-16-13-15(5-6-17(16)20)27(25,26)23-11-9-21(10-12-23)14-18(24)22-7-3-1-2-4-8-22/h5-6,13H,1-4,7-12,14H2/p+1. The van der Waals surface area contributed by atoms with Gasteiger partial charge in [0, 0.05) is 13.1 Å². The number of sulfonamides is 1. The number of carbonyl (C=O) groups excluding carboxylic acids is 1. The fraction of sp³-hybridized carbons (Fsp3) is 0.611.